The largest absolute Gasteiger partial charge is 0.396 e. The molecule has 1 amide bonds. The summed E-state index contributed by atoms with van der Waals surface area (Å²) in [6, 6.07) is 10.3. The second-order valence-corrected chi connectivity index (χ2v) is 6.14. The maximum absolute atomic E-state index is 12.4. The van der Waals surface area contributed by atoms with Gasteiger partial charge in [-0.3, -0.25) is 4.79 Å². The van der Waals surface area contributed by atoms with Crippen molar-refractivity contribution < 1.29 is 9.90 Å². The second-order valence-electron chi connectivity index (χ2n) is 6.14. The highest BCUT2D eigenvalue weighted by atomic mass is 16.3. The van der Waals surface area contributed by atoms with E-state index in [1.807, 2.05) is 23.1 Å². The van der Waals surface area contributed by atoms with E-state index in [9.17, 15) is 9.90 Å². The molecule has 1 aromatic rings. The molecule has 2 atom stereocenters. The zero-order chi connectivity index (χ0) is 14.5. The first-order valence-corrected chi connectivity index (χ1v) is 7.55. The van der Waals surface area contributed by atoms with Crippen LogP contribution < -0.4 is 0 Å². The van der Waals surface area contributed by atoms with Gasteiger partial charge < -0.3 is 10.0 Å². The van der Waals surface area contributed by atoms with E-state index in [0.29, 0.717) is 12.3 Å². The summed E-state index contributed by atoms with van der Waals surface area (Å²) in [4.78, 5) is 14.4. The number of hydrogen-bond donors (Lipinski definition) is 1. The molecule has 0 aliphatic carbocycles. The van der Waals surface area contributed by atoms with Crippen LogP contribution in [0.3, 0.4) is 0 Å². The lowest BCUT2D eigenvalue weighted by atomic mass is 9.85. The number of aliphatic hydroxyl groups excluding tert-OH is 1. The first-order chi connectivity index (χ1) is 9.61. The molecule has 0 aromatic heterocycles. The van der Waals surface area contributed by atoms with Crippen molar-refractivity contribution in [2.45, 2.75) is 32.6 Å². The summed E-state index contributed by atoms with van der Waals surface area (Å²) in [7, 11) is 0. The van der Waals surface area contributed by atoms with Crippen LogP contribution in [0.25, 0.3) is 0 Å². The van der Waals surface area contributed by atoms with Crippen molar-refractivity contribution in [2.24, 2.45) is 11.8 Å². The van der Waals surface area contributed by atoms with E-state index in [0.717, 1.165) is 19.5 Å². The number of nitrogens with zero attached hydrogens (tertiary/aromatic N) is 1. The number of carbonyl (C=O) groups is 1. The van der Waals surface area contributed by atoms with E-state index in [-0.39, 0.29) is 24.3 Å². The number of aliphatic hydroxyl groups is 1. The predicted molar refractivity (Wildman–Crippen MR) is 80.4 cm³/mol. The smallest absolute Gasteiger partial charge is 0.223 e. The Morgan fingerprint density at radius 1 is 1.35 bits per heavy atom. The summed E-state index contributed by atoms with van der Waals surface area (Å²) in [5, 5.41) is 9.18. The van der Waals surface area contributed by atoms with Gasteiger partial charge in [-0.05, 0) is 23.8 Å². The topological polar surface area (TPSA) is 40.5 Å². The first-order valence-electron chi connectivity index (χ1n) is 7.55. The highest BCUT2D eigenvalue weighted by molar-refractivity contribution is 5.77. The molecule has 110 valence electrons. The third-order valence-electron chi connectivity index (χ3n) is 4.32. The minimum Gasteiger partial charge on any atom is -0.396 e. The van der Waals surface area contributed by atoms with Gasteiger partial charge in [-0.15, -0.1) is 0 Å². The van der Waals surface area contributed by atoms with Crippen molar-refractivity contribution in [2.75, 3.05) is 19.7 Å². The Balaban J connectivity index is 2.00. The maximum atomic E-state index is 12.4. The van der Waals surface area contributed by atoms with E-state index < -0.39 is 0 Å². The van der Waals surface area contributed by atoms with Crippen molar-refractivity contribution in [1.29, 1.82) is 0 Å². The Kier molecular flexibility index (Phi) is 5.18. The summed E-state index contributed by atoms with van der Waals surface area (Å²) < 4.78 is 0. The van der Waals surface area contributed by atoms with E-state index >= 15 is 0 Å². The van der Waals surface area contributed by atoms with Gasteiger partial charge >= 0.3 is 0 Å². The lowest BCUT2D eigenvalue weighted by Gasteiger charge is -2.24. The monoisotopic (exact) mass is 275 g/mol. The molecule has 20 heavy (non-hydrogen) atoms. The van der Waals surface area contributed by atoms with Crippen LogP contribution in [-0.2, 0) is 4.79 Å². The second kappa shape index (κ2) is 6.89. The summed E-state index contributed by atoms with van der Waals surface area (Å²) in [5.74, 6) is 1.21. The molecule has 2 unspecified atom stereocenters. The average Bonchev–Trinajstić information content (AvgIpc) is 2.94. The van der Waals surface area contributed by atoms with E-state index in [4.69, 9.17) is 0 Å². The zero-order valence-corrected chi connectivity index (χ0v) is 12.5. The Morgan fingerprint density at radius 2 is 2.05 bits per heavy atom. The van der Waals surface area contributed by atoms with Crippen molar-refractivity contribution in [3.8, 4) is 0 Å². The minimum atomic E-state index is 0.191. The van der Waals surface area contributed by atoms with Crippen LogP contribution in [0.15, 0.2) is 30.3 Å². The van der Waals surface area contributed by atoms with Crippen LogP contribution in [0.1, 0.15) is 38.2 Å². The van der Waals surface area contributed by atoms with Crippen LogP contribution in [-0.4, -0.2) is 35.6 Å². The molecule has 1 N–H and O–H groups in total. The van der Waals surface area contributed by atoms with Gasteiger partial charge in [-0.2, -0.15) is 0 Å². The van der Waals surface area contributed by atoms with Gasteiger partial charge in [0.05, 0.1) is 0 Å². The molecule has 0 bridgehead atoms. The Bertz CT molecular complexity index is 430. The summed E-state index contributed by atoms with van der Waals surface area (Å²) in [5.41, 5.74) is 1.24. The first kappa shape index (κ1) is 15.0. The lowest BCUT2D eigenvalue weighted by Crippen LogP contribution is -2.31. The number of amides is 1. The Labute approximate surface area is 121 Å². The molecule has 1 heterocycles. The van der Waals surface area contributed by atoms with Crippen LogP contribution in [0.4, 0.5) is 0 Å². The molecular formula is C17H25NO2. The van der Waals surface area contributed by atoms with E-state index in [2.05, 4.69) is 26.0 Å². The Hall–Kier alpha value is -1.35. The number of likely N-dealkylation sites (tertiary alicyclic amines) is 1. The van der Waals surface area contributed by atoms with Crippen molar-refractivity contribution >= 4 is 5.91 Å². The highest BCUT2D eigenvalue weighted by Crippen LogP contribution is 2.29. The Morgan fingerprint density at radius 3 is 2.60 bits per heavy atom. The fraction of sp³-hybridized carbons (Fsp3) is 0.588. The lowest BCUT2D eigenvalue weighted by molar-refractivity contribution is -0.131. The number of benzene rings is 1. The van der Waals surface area contributed by atoms with Crippen molar-refractivity contribution in [1.82, 2.24) is 4.90 Å². The number of rotatable bonds is 5. The van der Waals surface area contributed by atoms with Crippen LogP contribution in [0.5, 0.6) is 0 Å². The van der Waals surface area contributed by atoms with Gasteiger partial charge in [-0.1, -0.05) is 44.2 Å². The molecule has 2 rings (SSSR count). The van der Waals surface area contributed by atoms with Gasteiger partial charge in [0.25, 0.3) is 0 Å². The number of carbonyl (C=O) groups excluding carboxylic acids is 1. The zero-order valence-electron chi connectivity index (χ0n) is 12.5. The van der Waals surface area contributed by atoms with Crippen molar-refractivity contribution in [3.63, 3.8) is 0 Å². The summed E-state index contributed by atoms with van der Waals surface area (Å²) >= 11 is 0. The molecule has 1 aromatic carbocycles. The van der Waals surface area contributed by atoms with Gasteiger partial charge in [-0.25, -0.2) is 0 Å². The van der Waals surface area contributed by atoms with Gasteiger partial charge in [0.2, 0.25) is 5.91 Å². The molecule has 1 fully saturated rings. The third kappa shape index (κ3) is 3.60. The maximum Gasteiger partial charge on any atom is 0.223 e. The van der Waals surface area contributed by atoms with Crippen LogP contribution in [0.2, 0.25) is 0 Å². The minimum absolute atomic E-state index is 0.191. The van der Waals surface area contributed by atoms with Crippen LogP contribution >= 0.6 is 0 Å². The molecule has 0 saturated carbocycles. The van der Waals surface area contributed by atoms with Gasteiger partial charge in [0.1, 0.15) is 0 Å². The van der Waals surface area contributed by atoms with E-state index in [1.54, 1.807) is 0 Å². The fourth-order valence-electron chi connectivity index (χ4n) is 2.96. The molecule has 0 radical (unpaired) electrons. The highest BCUT2D eigenvalue weighted by Gasteiger charge is 2.28. The summed E-state index contributed by atoms with van der Waals surface area (Å²) in [6.45, 7) is 6.05. The van der Waals surface area contributed by atoms with Gasteiger partial charge in [0.15, 0.2) is 0 Å². The third-order valence-corrected chi connectivity index (χ3v) is 4.32. The van der Waals surface area contributed by atoms with Gasteiger partial charge in [0, 0.05) is 32.0 Å². The SMILES string of the molecule is CC(C)C(CC(=O)N1CCC(CO)C1)c1ccccc1. The molecule has 1 aliphatic rings. The molecule has 0 spiro atoms. The number of hydrogen-bond acceptors (Lipinski definition) is 2. The van der Waals surface area contributed by atoms with E-state index in [1.165, 1.54) is 5.56 Å². The quantitative estimate of drug-likeness (QED) is 0.897. The van der Waals surface area contributed by atoms with Crippen LogP contribution in [0, 0.1) is 11.8 Å². The molecule has 1 saturated heterocycles. The molecule has 1 aliphatic heterocycles. The molecular weight excluding hydrogens is 250 g/mol. The standard InChI is InChI=1S/C17H25NO2/c1-13(2)16(15-6-4-3-5-7-15)10-17(20)18-9-8-14(11-18)12-19/h3-7,13-14,16,19H,8-12H2,1-2H3. The summed E-state index contributed by atoms with van der Waals surface area (Å²) in [6.07, 6.45) is 1.50. The predicted octanol–water partition coefficient (Wildman–Crippen LogP) is 2.66. The fourth-order valence-corrected chi connectivity index (χ4v) is 2.96. The normalized spacial score (nSPS) is 20.4. The molecule has 3 heteroatoms. The van der Waals surface area contributed by atoms with Crippen molar-refractivity contribution in [3.05, 3.63) is 35.9 Å². The average molecular weight is 275 g/mol. The molecule has 3 nitrogen and oxygen atoms in total.